The van der Waals surface area contributed by atoms with Crippen LogP contribution in [0.3, 0.4) is 0 Å². The first-order chi connectivity index (χ1) is 17.2. The summed E-state index contributed by atoms with van der Waals surface area (Å²) in [5.41, 5.74) is 4.70. The molecular formula is C28H24F4N2O2. The molecule has 0 fully saturated rings. The summed E-state index contributed by atoms with van der Waals surface area (Å²) in [6.07, 6.45) is -4.38. The van der Waals surface area contributed by atoms with Crippen molar-refractivity contribution in [2.45, 2.75) is 26.6 Å². The van der Waals surface area contributed by atoms with Crippen LogP contribution in [-0.4, -0.2) is 17.4 Å². The molecule has 4 nitrogen and oxygen atoms in total. The van der Waals surface area contributed by atoms with Gasteiger partial charge in [-0.2, -0.15) is 13.2 Å². The Hall–Kier alpha value is -4.07. The molecule has 0 bridgehead atoms. The van der Waals surface area contributed by atoms with Crippen molar-refractivity contribution in [3.8, 4) is 22.7 Å². The van der Waals surface area contributed by atoms with Crippen molar-refractivity contribution >= 4 is 5.71 Å². The van der Waals surface area contributed by atoms with Crippen molar-refractivity contribution in [2.75, 3.05) is 7.11 Å². The predicted octanol–water partition coefficient (Wildman–Crippen LogP) is 7.56. The van der Waals surface area contributed by atoms with Crippen molar-refractivity contribution in [1.82, 2.24) is 4.57 Å². The normalized spacial score (nSPS) is 12.0. The van der Waals surface area contributed by atoms with E-state index in [1.54, 1.807) is 26.2 Å². The Morgan fingerprint density at radius 3 is 2.14 bits per heavy atom. The van der Waals surface area contributed by atoms with Crippen LogP contribution in [0.25, 0.3) is 16.9 Å². The lowest BCUT2D eigenvalue weighted by Crippen LogP contribution is -2.04. The van der Waals surface area contributed by atoms with E-state index >= 15 is 0 Å². The molecule has 0 aliphatic heterocycles. The van der Waals surface area contributed by atoms with Crippen LogP contribution in [0.5, 0.6) is 5.75 Å². The third-order valence-corrected chi connectivity index (χ3v) is 5.82. The molecule has 3 aromatic carbocycles. The number of alkyl halides is 3. The van der Waals surface area contributed by atoms with Crippen molar-refractivity contribution in [2.24, 2.45) is 5.16 Å². The fraction of sp³-hybridized carbons (Fsp3) is 0.179. The third-order valence-electron chi connectivity index (χ3n) is 5.82. The molecule has 0 saturated carbocycles. The van der Waals surface area contributed by atoms with Gasteiger partial charge in [-0.3, -0.25) is 0 Å². The molecule has 0 unspecified atom stereocenters. The molecule has 0 saturated heterocycles. The lowest BCUT2D eigenvalue weighted by molar-refractivity contribution is -0.137. The number of methoxy groups -OCH3 is 1. The van der Waals surface area contributed by atoms with Crippen LogP contribution in [0, 0.1) is 12.7 Å². The quantitative estimate of drug-likeness (QED) is 0.150. The molecule has 4 aromatic rings. The van der Waals surface area contributed by atoms with Gasteiger partial charge in [-0.05, 0) is 91.7 Å². The van der Waals surface area contributed by atoms with E-state index in [9.17, 15) is 17.6 Å². The number of rotatable bonds is 7. The molecule has 36 heavy (non-hydrogen) atoms. The fourth-order valence-electron chi connectivity index (χ4n) is 3.91. The number of ether oxygens (including phenoxy) is 1. The van der Waals surface area contributed by atoms with Gasteiger partial charge in [0.25, 0.3) is 0 Å². The Morgan fingerprint density at radius 1 is 0.917 bits per heavy atom. The van der Waals surface area contributed by atoms with Crippen LogP contribution in [0.15, 0.2) is 84.0 Å². The van der Waals surface area contributed by atoms with Gasteiger partial charge in [-0.1, -0.05) is 17.3 Å². The summed E-state index contributed by atoms with van der Waals surface area (Å²) in [5, 5.41) is 4.21. The second-order valence-corrected chi connectivity index (χ2v) is 8.21. The number of aromatic nitrogens is 1. The van der Waals surface area contributed by atoms with Gasteiger partial charge < -0.3 is 14.1 Å². The highest BCUT2D eigenvalue weighted by Crippen LogP contribution is 2.31. The smallest absolute Gasteiger partial charge is 0.416 e. The average Bonchev–Trinajstić information content (AvgIpc) is 3.21. The second kappa shape index (κ2) is 10.3. The Balaban J connectivity index is 1.64. The molecule has 0 aliphatic rings. The number of nitrogens with zero attached hydrogens (tertiary/aromatic N) is 2. The van der Waals surface area contributed by atoms with Gasteiger partial charge in [0.05, 0.1) is 24.1 Å². The molecule has 0 N–H and O–H groups in total. The molecule has 0 aliphatic carbocycles. The zero-order valence-electron chi connectivity index (χ0n) is 19.9. The minimum absolute atomic E-state index is 0.0263. The summed E-state index contributed by atoms with van der Waals surface area (Å²) in [7, 11) is 1.60. The van der Waals surface area contributed by atoms with E-state index in [2.05, 4.69) is 5.16 Å². The molecule has 0 radical (unpaired) electrons. The van der Waals surface area contributed by atoms with Gasteiger partial charge in [0.2, 0.25) is 0 Å². The van der Waals surface area contributed by atoms with Gasteiger partial charge in [0, 0.05) is 16.9 Å². The van der Waals surface area contributed by atoms with Crippen molar-refractivity contribution in [1.29, 1.82) is 0 Å². The molecule has 0 atom stereocenters. The third kappa shape index (κ3) is 5.43. The van der Waals surface area contributed by atoms with Gasteiger partial charge in [0.1, 0.15) is 18.2 Å². The van der Waals surface area contributed by atoms with Gasteiger partial charge in [-0.25, -0.2) is 4.39 Å². The van der Waals surface area contributed by atoms with Crippen LogP contribution < -0.4 is 4.74 Å². The molecule has 4 rings (SSSR count). The minimum atomic E-state index is -4.38. The second-order valence-electron chi connectivity index (χ2n) is 8.21. The first kappa shape index (κ1) is 25.0. The summed E-state index contributed by atoms with van der Waals surface area (Å²) < 4.78 is 59.2. The highest BCUT2D eigenvalue weighted by atomic mass is 19.4. The fourth-order valence-corrected chi connectivity index (χ4v) is 3.91. The lowest BCUT2D eigenvalue weighted by atomic mass is 10.1. The molecule has 1 aromatic heterocycles. The molecule has 1 heterocycles. The van der Waals surface area contributed by atoms with Gasteiger partial charge in [0.15, 0.2) is 0 Å². The first-order valence-corrected chi connectivity index (χ1v) is 11.1. The topological polar surface area (TPSA) is 35.8 Å². The zero-order chi connectivity index (χ0) is 25.9. The van der Waals surface area contributed by atoms with Gasteiger partial charge >= 0.3 is 6.18 Å². The summed E-state index contributed by atoms with van der Waals surface area (Å²) in [6.45, 7) is 3.77. The standard InChI is InChI=1S/C28H24F4N2O2/c1-18(33-36-17-20-4-8-22(9-5-20)28(30,31)32)26-16-27(21-6-10-23(29)11-7-21)34(19(26)2)24-12-14-25(35-3)15-13-24/h4-16H,17H2,1-3H3/b33-18+. The van der Waals surface area contributed by atoms with Crippen molar-refractivity contribution in [3.63, 3.8) is 0 Å². The predicted molar refractivity (Wildman–Crippen MR) is 131 cm³/mol. The van der Waals surface area contributed by atoms with E-state index in [1.165, 1.54) is 24.3 Å². The molecule has 186 valence electrons. The highest BCUT2D eigenvalue weighted by Gasteiger charge is 2.29. The largest absolute Gasteiger partial charge is 0.497 e. The van der Waals surface area contributed by atoms with Crippen LogP contribution in [0.4, 0.5) is 17.6 Å². The molecule has 0 amide bonds. The van der Waals surface area contributed by atoms with Crippen LogP contribution in [0.2, 0.25) is 0 Å². The Bertz CT molecular complexity index is 1360. The first-order valence-electron chi connectivity index (χ1n) is 11.1. The number of benzene rings is 3. The van der Waals surface area contributed by atoms with Crippen LogP contribution >= 0.6 is 0 Å². The van der Waals surface area contributed by atoms with E-state index in [0.717, 1.165) is 46.1 Å². The molecule has 0 spiro atoms. The van der Waals surface area contributed by atoms with Crippen molar-refractivity contribution < 1.29 is 27.1 Å². The zero-order valence-corrected chi connectivity index (χ0v) is 19.9. The van der Waals surface area contributed by atoms with E-state index in [0.29, 0.717) is 11.3 Å². The summed E-state index contributed by atoms with van der Waals surface area (Å²) >= 11 is 0. The SMILES string of the molecule is COc1ccc(-n2c(-c3ccc(F)cc3)cc(/C(C)=N/OCc3ccc(C(F)(F)F)cc3)c2C)cc1. The number of hydrogen-bond acceptors (Lipinski definition) is 3. The maximum atomic E-state index is 13.6. The van der Waals surface area contributed by atoms with Crippen LogP contribution in [-0.2, 0) is 17.6 Å². The van der Waals surface area contributed by atoms with Crippen LogP contribution in [0.1, 0.15) is 29.3 Å². The van der Waals surface area contributed by atoms with E-state index < -0.39 is 11.7 Å². The maximum absolute atomic E-state index is 13.6. The minimum Gasteiger partial charge on any atom is -0.497 e. The number of halogens is 4. The highest BCUT2D eigenvalue weighted by molar-refractivity contribution is 6.01. The van der Waals surface area contributed by atoms with Gasteiger partial charge in [-0.15, -0.1) is 0 Å². The monoisotopic (exact) mass is 496 g/mol. The molecular weight excluding hydrogens is 472 g/mol. The van der Waals surface area contributed by atoms with E-state index in [1.807, 2.05) is 41.8 Å². The lowest BCUT2D eigenvalue weighted by Gasteiger charge is -2.13. The summed E-state index contributed by atoms with van der Waals surface area (Å²) in [4.78, 5) is 5.45. The van der Waals surface area contributed by atoms with E-state index in [-0.39, 0.29) is 12.4 Å². The Kier molecular flexibility index (Phi) is 7.15. The number of hydrogen-bond donors (Lipinski definition) is 0. The summed E-state index contributed by atoms with van der Waals surface area (Å²) in [5.74, 6) is 0.397. The summed E-state index contributed by atoms with van der Waals surface area (Å²) in [6, 6.07) is 20.5. The van der Waals surface area contributed by atoms with E-state index in [4.69, 9.17) is 9.57 Å². The Morgan fingerprint density at radius 2 is 1.56 bits per heavy atom. The Labute approximate surface area is 206 Å². The van der Waals surface area contributed by atoms with Crippen molar-refractivity contribution in [3.05, 3.63) is 107 Å². The average molecular weight is 497 g/mol. The maximum Gasteiger partial charge on any atom is 0.416 e. The molecule has 8 heteroatoms. The number of oxime groups is 1.